The molecule has 0 bridgehead atoms. The second kappa shape index (κ2) is 7.72. The molecule has 1 amide bonds. The largest absolute Gasteiger partial charge is 0.480 e. The average molecular weight is 391 g/mol. The normalized spacial score (nSPS) is 12.9. The number of hydrogen-bond acceptors (Lipinski definition) is 3. The Bertz CT molecular complexity index is 848. The first-order valence-corrected chi connectivity index (χ1v) is 7.54. The number of aryl methyl sites for hydroxylation is 1. The van der Waals surface area contributed by atoms with E-state index in [9.17, 15) is 31.5 Å². The molecular weight excluding hydrogens is 377 g/mol. The lowest BCUT2D eigenvalue weighted by Crippen LogP contribution is -2.42. The zero-order valence-corrected chi connectivity index (χ0v) is 13.8. The van der Waals surface area contributed by atoms with Gasteiger partial charge < -0.3 is 10.4 Å². The van der Waals surface area contributed by atoms with Crippen molar-refractivity contribution in [3.63, 3.8) is 0 Å². The lowest BCUT2D eigenvalue weighted by atomic mass is 10.1. The van der Waals surface area contributed by atoms with Crippen molar-refractivity contribution >= 4 is 11.9 Å². The number of rotatable bonds is 6. The number of nitrogens with one attached hydrogen (secondary N) is 1. The maximum absolute atomic E-state index is 13.5. The summed E-state index contributed by atoms with van der Waals surface area (Å²) in [5, 5.41) is 14.1. The van der Waals surface area contributed by atoms with Crippen LogP contribution in [0, 0.1) is 6.92 Å². The fraction of sp³-hybridized carbons (Fsp3) is 0.312. The molecule has 2 N–H and O–H groups in total. The highest BCUT2D eigenvalue weighted by molar-refractivity contribution is 5.97. The lowest BCUT2D eigenvalue weighted by molar-refractivity contribution is -0.143. The van der Waals surface area contributed by atoms with Crippen molar-refractivity contribution in [3.05, 3.63) is 47.3 Å². The van der Waals surface area contributed by atoms with Crippen molar-refractivity contribution < 1.29 is 36.6 Å². The van der Waals surface area contributed by atoms with E-state index in [1.807, 2.05) is 0 Å². The summed E-state index contributed by atoms with van der Waals surface area (Å²) in [6, 6.07) is 3.85. The quantitative estimate of drug-likeness (QED) is 0.742. The van der Waals surface area contributed by atoms with E-state index in [2.05, 4.69) is 5.10 Å². The monoisotopic (exact) mass is 391 g/mol. The van der Waals surface area contributed by atoms with Gasteiger partial charge >= 0.3 is 12.1 Å². The van der Waals surface area contributed by atoms with Gasteiger partial charge in [-0.15, -0.1) is 0 Å². The van der Waals surface area contributed by atoms with Crippen LogP contribution >= 0.6 is 0 Å². The molecule has 0 saturated heterocycles. The molecule has 0 aliphatic rings. The Morgan fingerprint density at radius 1 is 1.30 bits per heavy atom. The second-order valence-electron chi connectivity index (χ2n) is 5.65. The van der Waals surface area contributed by atoms with Gasteiger partial charge in [0.1, 0.15) is 6.04 Å². The Morgan fingerprint density at radius 2 is 1.96 bits per heavy atom. The van der Waals surface area contributed by atoms with Crippen molar-refractivity contribution in [2.24, 2.45) is 0 Å². The summed E-state index contributed by atoms with van der Waals surface area (Å²) in [5.74, 6) is -3.25. The number of carbonyl (C=O) groups is 2. The van der Waals surface area contributed by atoms with Gasteiger partial charge in [-0.05, 0) is 24.6 Å². The van der Waals surface area contributed by atoms with Gasteiger partial charge in [-0.2, -0.15) is 18.3 Å². The SMILES string of the molecule is Cc1cccc(-n2ncc(C(=O)NC(CC(F)F)C(=O)O)c2C(F)(F)F)c1. The van der Waals surface area contributed by atoms with Crippen molar-refractivity contribution in [2.45, 2.75) is 32.0 Å². The minimum Gasteiger partial charge on any atom is -0.480 e. The highest BCUT2D eigenvalue weighted by Crippen LogP contribution is 2.33. The Labute approximate surface area is 149 Å². The molecule has 6 nitrogen and oxygen atoms in total. The average Bonchev–Trinajstić information content (AvgIpc) is 2.99. The van der Waals surface area contributed by atoms with E-state index in [0.29, 0.717) is 16.4 Å². The summed E-state index contributed by atoms with van der Waals surface area (Å²) >= 11 is 0. The van der Waals surface area contributed by atoms with Gasteiger partial charge in [-0.1, -0.05) is 12.1 Å². The van der Waals surface area contributed by atoms with Gasteiger partial charge in [0.2, 0.25) is 6.43 Å². The number of nitrogens with zero attached hydrogens (tertiary/aromatic N) is 2. The zero-order chi connectivity index (χ0) is 20.4. The third kappa shape index (κ3) is 4.80. The van der Waals surface area contributed by atoms with Gasteiger partial charge in [0.05, 0.1) is 17.4 Å². The van der Waals surface area contributed by atoms with Crippen molar-refractivity contribution in [2.75, 3.05) is 0 Å². The second-order valence-corrected chi connectivity index (χ2v) is 5.65. The molecule has 11 heteroatoms. The van der Waals surface area contributed by atoms with Crippen molar-refractivity contribution in [1.82, 2.24) is 15.1 Å². The maximum Gasteiger partial charge on any atom is 0.434 e. The Kier molecular flexibility index (Phi) is 5.82. The summed E-state index contributed by atoms with van der Waals surface area (Å²) in [4.78, 5) is 23.1. The number of benzene rings is 1. The number of amides is 1. The molecule has 2 rings (SSSR count). The van der Waals surface area contributed by atoms with Crippen LogP contribution in [-0.2, 0) is 11.0 Å². The zero-order valence-electron chi connectivity index (χ0n) is 13.8. The Hall–Kier alpha value is -2.98. The number of carbonyl (C=O) groups excluding carboxylic acids is 1. The van der Waals surface area contributed by atoms with E-state index < -0.39 is 48.2 Å². The summed E-state index contributed by atoms with van der Waals surface area (Å²) in [5.41, 5.74) is -1.73. The summed E-state index contributed by atoms with van der Waals surface area (Å²) < 4.78 is 65.9. The minimum atomic E-state index is -5.01. The molecule has 146 valence electrons. The summed E-state index contributed by atoms with van der Waals surface area (Å²) in [7, 11) is 0. The molecule has 0 aliphatic heterocycles. The van der Waals surface area contributed by atoms with E-state index in [-0.39, 0.29) is 5.69 Å². The highest BCUT2D eigenvalue weighted by Gasteiger charge is 2.41. The first-order chi connectivity index (χ1) is 12.5. The van der Waals surface area contributed by atoms with Crippen molar-refractivity contribution in [1.29, 1.82) is 0 Å². The molecule has 1 unspecified atom stereocenters. The van der Waals surface area contributed by atoms with Crippen LogP contribution in [0.25, 0.3) is 5.69 Å². The molecule has 2 aromatic rings. The first-order valence-electron chi connectivity index (χ1n) is 7.54. The first kappa shape index (κ1) is 20.3. The number of carboxylic acid groups (broad SMARTS) is 1. The molecule has 1 aromatic carbocycles. The molecule has 0 radical (unpaired) electrons. The maximum atomic E-state index is 13.5. The Balaban J connectivity index is 2.45. The number of aliphatic carboxylic acids is 1. The van der Waals surface area contributed by atoms with Crippen LogP contribution in [-0.4, -0.2) is 39.2 Å². The third-order valence-corrected chi connectivity index (χ3v) is 3.55. The molecule has 1 heterocycles. The highest BCUT2D eigenvalue weighted by atomic mass is 19.4. The van der Waals surface area contributed by atoms with Gasteiger partial charge in [-0.3, -0.25) is 4.79 Å². The smallest absolute Gasteiger partial charge is 0.434 e. The van der Waals surface area contributed by atoms with Gasteiger partial charge in [0, 0.05) is 6.42 Å². The Morgan fingerprint density at radius 3 is 2.48 bits per heavy atom. The van der Waals surface area contributed by atoms with Gasteiger partial charge in [-0.25, -0.2) is 18.3 Å². The van der Waals surface area contributed by atoms with E-state index in [4.69, 9.17) is 5.11 Å². The predicted molar refractivity (Wildman–Crippen MR) is 82.8 cm³/mol. The van der Waals surface area contributed by atoms with Crippen LogP contribution in [0.2, 0.25) is 0 Å². The predicted octanol–water partition coefficient (Wildman–Crippen LogP) is 3.04. The van der Waals surface area contributed by atoms with E-state index in [1.54, 1.807) is 18.3 Å². The topological polar surface area (TPSA) is 84.2 Å². The fourth-order valence-electron chi connectivity index (χ4n) is 2.38. The molecule has 27 heavy (non-hydrogen) atoms. The van der Waals surface area contributed by atoms with Crippen molar-refractivity contribution in [3.8, 4) is 5.69 Å². The van der Waals surface area contributed by atoms with Gasteiger partial charge in [0.15, 0.2) is 5.69 Å². The van der Waals surface area contributed by atoms with Gasteiger partial charge in [0.25, 0.3) is 5.91 Å². The molecule has 0 spiro atoms. The van der Waals surface area contributed by atoms with Crippen LogP contribution < -0.4 is 5.32 Å². The number of halogens is 5. The summed E-state index contributed by atoms with van der Waals surface area (Å²) in [6.45, 7) is 1.65. The third-order valence-electron chi connectivity index (χ3n) is 3.55. The van der Waals surface area contributed by atoms with Crippen LogP contribution in [0.3, 0.4) is 0 Å². The standard InChI is InChI=1S/C16H14F5N3O3/c1-8-3-2-4-9(5-8)24-13(16(19,20)21)10(7-22-24)14(25)23-11(15(26)27)6-12(17)18/h2-5,7,11-12H,6H2,1H3,(H,23,25)(H,26,27). The molecule has 0 aliphatic carbocycles. The number of aromatic nitrogens is 2. The molecular formula is C16H14F5N3O3. The van der Waals surface area contributed by atoms with Crippen LogP contribution in [0.1, 0.15) is 28.0 Å². The number of alkyl halides is 5. The fourth-order valence-corrected chi connectivity index (χ4v) is 2.38. The molecule has 1 atom stereocenters. The van der Waals surface area contributed by atoms with Crippen LogP contribution in [0.5, 0.6) is 0 Å². The van der Waals surface area contributed by atoms with E-state index in [0.717, 1.165) is 0 Å². The van der Waals surface area contributed by atoms with Crippen LogP contribution in [0.4, 0.5) is 22.0 Å². The number of carboxylic acids is 1. The number of hydrogen-bond donors (Lipinski definition) is 2. The van der Waals surface area contributed by atoms with Crippen LogP contribution in [0.15, 0.2) is 30.5 Å². The van der Waals surface area contributed by atoms with E-state index >= 15 is 0 Å². The van der Waals surface area contributed by atoms with E-state index in [1.165, 1.54) is 18.2 Å². The minimum absolute atomic E-state index is 0.0312. The molecule has 1 aromatic heterocycles. The molecule has 0 saturated carbocycles. The lowest BCUT2D eigenvalue weighted by Gasteiger charge is -2.16. The molecule has 0 fully saturated rings. The summed E-state index contributed by atoms with van der Waals surface area (Å²) in [6.07, 6.45) is -8.70.